The molecule has 0 fully saturated rings. The first-order valence-electron chi connectivity index (χ1n) is 5.78. The van der Waals surface area contributed by atoms with Crippen molar-refractivity contribution in [2.75, 3.05) is 13.6 Å². The molecule has 0 radical (unpaired) electrons. The molecule has 18 heavy (non-hydrogen) atoms. The number of likely N-dealkylation sites (N-methyl/N-ethyl adjacent to an activating group) is 1. The molecule has 0 aromatic heterocycles. The van der Waals surface area contributed by atoms with Gasteiger partial charge in [0.2, 0.25) is 11.8 Å². The number of aliphatic hydroxyl groups is 1. The van der Waals surface area contributed by atoms with E-state index in [1.54, 1.807) is 0 Å². The number of amides is 2. The molecule has 4 N–H and O–H groups in total. The smallest absolute Gasteiger partial charge is 0.236 e. The zero-order chi connectivity index (χ0) is 14.1. The maximum atomic E-state index is 11.5. The summed E-state index contributed by atoms with van der Waals surface area (Å²) in [6, 6.07) is -0.641. The Morgan fingerprint density at radius 3 is 2.33 bits per heavy atom. The Kier molecular flexibility index (Phi) is 7.89. The largest absolute Gasteiger partial charge is 0.379 e. The minimum absolute atomic E-state index is 0.00664. The van der Waals surface area contributed by atoms with Gasteiger partial charge in [0, 0.05) is 13.5 Å². The molecule has 0 saturated carbocycles. The lowest BCUT2D eigenvalue weighted by Gasteiger charge is -2.18. The number of carbonyl (C=O) groups is 3. The van der Waals surface area contributed by atoms with Crippen LogP contribution in [0, 0.1) is 0 Å². The van der Waals surface area contributed by atoms with Crippen molar-refractivity contribution in [3.05, 3.63) is 0 Å². The van der Waals surface area contributed by atoms with Crippen molar-refractivity contribution in [1.82, 2.24) is 16.0 Å². The van der Waals surface area contributed by atoms with Crippen molar-refractivity contribution < 1.29 is 19.5 Å². The molecule has 2 atom stereocenters. The normalized spacial score (nSPS) is 13.6. The van der Waals surface area contributed by atoms with Crippen LogP contribution in [0.3, 0.4) is 0 Å². The summed E-state index contributed by atoms with van der Waals surface area (Å²) in [4.78, 5) is 33.5. The Bertz CT molecular complexity index is 305. The quantitative estimate of drug-likeness (QED) is 0.397. The Balaban J connectivity index is 4.13. The Morgan fingerprint density at radius 1 is 1.28 bits per heavy atom. The minimum atomic E-state index is -0.840. The van der Waals surface area contributed by atoms with Crippen LogP contribution >= 0.6 is 0 Å². The molecule has 0 heterocycles. The third kappa shape index (κ3) is 7.75. The number of carbonyl (C=O) groups excluding carboxylic acids is 3. The highest BCUT2D eigenvalue weighted by Crippen LogP contribution is 1.99. The first-order chi connectivity index (χ1) is 8.36. The van der Waals surface area contributed by atoms with Crippen LogP contribution in [0.2, 0.25) is 0 Å². The van der Waals surface area contributed by atoms with E-state index in [4.69, 9.17) is 0 Å². The van der Waals surface area contributed by atoms with Crippen molar-refractivity contribution in [3.8, 4) is 0 Å². The van der Waals surface area contributed by atoms with E-state index >= 15 is 0 Å². The summed E-state index contributed by atoms with van der Waals surface area (Å²) in [6.07, 6.45) is -0.494. The maximum Gasteiger partial charge on any atom is 0.236 e. The zero-order valence-corrected chi connectivity index (χ0v) is 10.9. The van der Waals surface area contributed by atoms with Crippen LogP contribution in [-0.2, 0) is 14.4 Å². The van der Waals surface area contributed by atoms with E-state index in [2.05, 4.69) is 16.0 Å². The van der Waals surface area contributed by atoms with Crippen molar-refractivity contribution >= 4 is 17.6 Å². The minimum Gasteiger partial charge on any atom is -0.379 e. The lowest BCUT2D eigenvalue weighted by atomic mass is 10.1. The van der Waals surface area contributed by atoms with Gasteiger partial charge in [0.05, 0.1) is 12.6 Å². The third-order valence-electron chi connectivity index (χ3n) is 2.20. The molecule has 0 aliphatic rings. The first kappa shape index (κ1) is 16.5. The number of hydrogen-bond acceptors (Lipinski definition) is 5. The average molecular weight is 259 g/mol. The average Bonchev–Trinajstić information content (AvgIpc) is 2.30. The van der Waals surface area contributed by atoms with Crippen LogP contribution in [0.5, 0.6) is 0 Å². The second-order valence-corrected chi connectivity index (χ2v) is 4.03. The fourth-order valence-corrected chi connectivity index (χ4v) is 1.34. The fourth-order valence-electron chi connectivity index (χ4n) is 1.34. The number of aliphatic hydroxyl groups excluding tert-OH is 1. The van der Waals surface area contributed by atoms with Crippen LogP contribution in [0.4, 0.5) is 0 Å². The van der Waals surface area contributed by atoms with Crippen LogP contribution in [0.25, 0.3) is 0 Å². The summed E-state index contributed by atoms with van der Waals surface area (Å²) < 4.78 is 0. The topological polar surface area (TPSA) is 108 Å². The molecule has 0 bridgehead atoms. The lowest BCUT2D eigenvalue weighted by Crippen LogP contribution is -2.47. The van der Waals surface area contributed by atoms with Gasteiger partial charge in [-0.05, 0) is 20.3 Å². The number of Topliss-reactive ketones (excluding diaryl/α,β-unsaturated/α-hetero) is 1. The van der Waals surface area contributed by atoms with E-state index in [-0.39, 0.29) is 37.0 Å². The SMILES string of the molecule is CNC(=O)C(CCC(=O)NCC(C)=O)NC(C)O. The van der Waals surface area contributed by atoms with Crippen molar-refractivity contribution in [2.45, 2.75) is 39.0 Å². The summed E-state index contributed by atoms with van der Waals surface area (Å²) in [5.74, 6) is -0.727. The fraction of sp³-hybridized carbons (Fsp3) is 0.727. The summed E-state index contributed by atoms with van der Waals surface area (Å²) in [5.41, 5.74) is 0. The van der Waals surface area contributed by atoms with Crippen molar-refractivity contribution in [1.29, 1.82) is 0 Å². The second-order valence-electron chi connectivity index (χ2n) is 4.03. The standard InChI is InChI=1S/C11H21N3O4/c1-7(15)6-13-10(17)5-4-9(11(18)12-3)14-8(2)16/h8-9,14,16H,4-6H2,1-3H3,(H,12,18)(H,13,17). The molecule has 2 unspecified atom stereocenters. The van der Waals surface area contributed by atoms with Crippen LogP contribution in [0.1, 0.15) is 26.7 Å². The molecule has 0 saturated heterocycles. The van der Waals surface area contributed by atoms with Gasteiger partial charge in [-0.3, -0.25) is 19.7 Å². The van der Waals surface area contributed by atoms with E-state index in [1.165, 1.54) is 20.9 Å². The van der Waals surface area contributed by atoms with E-state index in [0.29, 0.717) is 0 Å². The Hall–Kier alpha value is -1.47. The Morgan fingerprint density at radius 2 is 1.89 bits per heavy atom. The highest BCUT2D eigenvalue weighted by Gasteiger charge is 2.19. The predicted octanol–water partition coefficient (Wildman–Crippen LogP) is -1.49. The van der Waals surface area contributed by atoms with Gasteiger partial charge in [-0.2, -0.15) is 0 Å². The van der Waals surface area contributed by atoms with E-state index < -0.39 is 12.3 Å². The second kappa shape index (κ2) is 8.60. The molecule has 0 aliphatic heterocycles. The monoisotopic (exact) mass is 259 g/mol. The van der Waals surface area contributed by atoms with Gasteiger partial charge in [0.1, 0.15) is 12.0 Å². The van der Waals surface area contributed by atoms with E-state index in [9.17, 15) is 19.5 Å². The van der Waals surface area contributed by atoms with Crippen molar-refractivity contribution in [3.63, 3.8) is 0 Å². The van der Waals surface area contributed by atoms with Gasteiger partial charge in [-0.1, -0.05) is 0 Å². The van der Waals surface area contributed by atoms with Gasteiger partial charge < -0.3 is 15.7 Å². The van der Waals surface area contributed by atoms with Gasteiger partial charge >= 0.3 is 0 Å². The Labute approximate surface area is 106 Å². The third-order valence-corrected chi connectivity index (χ3v) is 2.20. The number of ketones is 1. The maximum absolute atomic E-state index is 11.5. The molecule has 2 amide bonds. The lowest BCUT2D eigenvalue weighted by molar-refractivity contribution is -0.126. The number of hydrogen-bond donors (Lipinski definition) is 4. The molecule has 0 spiro atoms. The molecule has 0 rings (SSSR count). The van der Waals surface area contributed by atoms with Crippen LogP contribution < -0.4 is 16.0 Å². The molecule has 7 nitrogen and oxygen atoms in total. The predicted molar refractivity (Wildman–Crippen MR) is 65.6 cm³/mol. The van der Waals surface area contributed by atoms with Gasteiger partial charge in [0.15, 0.2) is 0 Å². The first-order valence-corrected chi connectivity index (χ1v) is 5.78. The van der Waals surface area contributed by atoms with Gasteiger partial charge in [-0.25, -0.2) is 0 Å². The highest BCUT2D eigenvalue weighted by molar-refractivity contribution is 5.85. The molecule has 7 heteroatoms. The molecule has 0 aliphatic carbocycles. The van der Waals surface area contributed by atoms with Gasteiger partial charge in [0.25, 0.3) is 0 Å². The summed E-state index contributed by atoms with van der Waals surface area (Å²) in [5, 5.41) is 16.7. The summed E-state index contributed by atoms with van der Waals surface area (Å²) in [7, 11) is 1.48. The van der Waals surface area contributed by atoms with Crippen molar-refractivity contribution in [2.24, 2.45) is 0 Å². The summed E-state index contributed by atoms with van der Waals surface area (Å²) >= 11 is 0. The van der Waals surface area contributed by atoms with E-state index in [1.807, 2.05) is 0 Å². The number of nitrogens with one attached hydrogen (secondary N) is 3. The molecule has 0 aromatic carbocycles. The van der Waals surface area contributed by atoms with Gasteiger partial charge in [-0.15, -0.1) is 0 Å². The highest BCUT2D eigenvalue weighted by atomic mass is 16.3. The van der Waals surface area contributed by atoms with E-state index in [0.717, 1.165) is 0 Å². The van der Waals surface area contributed by atoms with Crippen LogP contribution in [0.15, 0.2) is 0 Å². The molecular formula is C11H21N3O4. The summed E-state index contributed by atoms with van der Waals surface area (Å²) in [6.45, 7) is 2.86. The molecular weight excluding hydrogens is 238 g/mol. The molecule has 0 aromatic rings. The molecule has 104 valence electrons. The van der Waals surface area contributed by atoms with Crippen LogP contribution in [-0.4, -0.2) is 48.6 Å². The zero-order valence-electron chi connectivity index (χ0n) is 10.9. The number of rotatable bonds is 8.